The molecule has 1 aromatic heterocycles. The molecular weight excluding hydrogens is 218 g/mol. The summed E-state index contributed by atoms with van der Waals surface area (Å²) in [5, 5.41) is 3.47. The van der Waals surface area contributed by atoms with E-state index >= 15 is 0 Å². The first-order valence-electron chi connectivity index (χ1n) is 4.32. The van der Waals surface area contributed by atoms with Gasteiger partial charge in [-0.2, -0.15) is 0 Å². The minimum Gasteiger partial charge on any atom is -0.492 e. The maximum atomic E-state index is 5.94. The molecule has 4 heteroatoms. The van der Waals surface area contributed by atoms with E-state index in [0.717, 1.165) is 15.8 Å². The van der Waals surface area contributed by atoms with Crippen molar-refractivity contribution < 1.29 is 4.74 Å². The predicted octanol–water partition coefficient (Wildman–Crippen LogP) is 3.54. The first-order chi connectivity index (χ1) is 6.74. The predicted molar refractivity (Wildman–Crippen MR) is 62.4 cm³/mol. The molecule has 2 N–H and O–H groups in total. The van der Waals surface area contributed by atoms with Gasteiger partial charge in [0, 0.05) is 10.1 Å². The van der Waals surface area contributed by atoms with Crippen LogP contribution < -0.4 is 10.5 Å². The molecule has 14 heavy (non-hydrogen) atoms. The lowest BCUT2D eigenvalue weighted by Crippen LogP contribution is -1.92. The third-order valence-electron chi connectivity index (χ3n) is 1.99. The molecule has 0 radical (unpaired) electrons. The van der Waals surface area contributed by atoms with Crippen LogP contribution in [0, 0.1) is 0 Å². The molecule has 2 aromatic rings. The monoisotopic (exact) mass is 227 g/mol. The number of hydrogen-bond donors (Lipinski definition) is 1. The Hall–Kier alpha value is -0.930. The summed E-state index contributed by atoms with van der Waals surface area (Å²) in [4.78, 5) is 0. The normalized spacial score (nSPS) is 10.7. The average Bonchev–Trinajstić information content (AvgIpc) is 2.57. The molecule has 0 aliphatic carbocycles. The van der Waals surface area contributed by atoms with Crippen LogP contribution in [0.25, 0.3) is 10.1 Å². The molecule has 0 aliphatic heterocycles. The maximum absolute atomic E-state index is 5.94. The van der Waals surface area contributed by atoms with Crippen molar-refractivity contribution in [3.63, 3.8) is 0 Å². The summed E-state index contributed by atoms with van der Waals surface area (Å²) >= 11 is 7.55. The van der Waals surface area contributed by atoms with Gasteiger partial charge >= 0.3 is 0 Å². The Labute approximate surface area is 91.2 Å². The maximum Gasteiger partial charge on any atom is 0.139 e. The molecule has 0 saturated carbocycles. The number of nitrogens with two attached hydrogens (primary N) is 1. The lowest BCUT2D eigenvalue weighted by Gasteiger charge is -2.04. The number of hydrogen-bond acceptors (Lipinski definition) is 3. The molecule has 0 bridgehead atoms. The summed E-state index contributed by atoms with van der Waals surface area (Å²) in [6.45, 7) is 2.59. The number of halogens is 1. The van der Waals surface area contributed by atoms with Crippen LogP contribution in [0.15, 0.2) is 17.5 Å². The minimum absolute atomic E-state index is 0.580. The molecular formula is C10H10ClNOS. The van der Waals surface area contributed by atoms with Crippen molar-refractivity contribution in [3.8, 4) is 5.75 Å². The number of benzene rings is 1. The molecule has 74 valence electrons. The second kappa shape index (κ2) is 3.67. The van der Waals surface area contributed by atoms with Crippen molar-refractivity contribution in [2.24, 2.45) is 0 Å². The number of fused-ring (bicyclic) bond motifs is 1. The highest BCUT2D eigenvalue weighted by Gasteiger charge is 2.10. The van der Waals surface area contributed by atoms with Crippen molar-refractivity contribution in [2.45, 2.75) is 6.92 Å². The third kappa shape index (κ3) is 1.42. The van der Waals surface area contributed by atoms with E-state index in [0.29, 0.717) is 17.3 Å². The molecule has 1 aromatic carbocycles. The van der Waals surface area contributed by atoms with Crippen LogP contribution in [0.3, 0.4) is 0 Å². The van der Waals surface area contributed by atoms with Gasteiger partial charge in [0.1, 0.15) is 5.75 Å². The highest BCUT2D eigenvalue weighted by molar-refractivity contribution is 7.17. The van der Waals surface area contributed by atoms with Crippen molar-refractivity contribution in [1.82, 2.24) is 0 Å². The van der Waals surface area contributed by atoms with Gasteiger partial charge in [-0.1, -0.05) is 11.6 Å². The lowest BCUT2D eigenvalue weighted by molar-refractivity contribution is 0.345. The highest BCUT2D eigenvalue weighted by Crippen LogP contribution is 2.39. The first-order valence-corrected chi connectivity index (χ1v) is 5.57. The topological polar surface area (TPSA) is 35.2 Å². The summed E-state index contributed by atoms with van der Waals surface area (Å²) in [6.07, 6.45) is 0. The molecule has 0 atom stereocenters. The Morgan fingerprint density at radius 3 is 3.00 bits per heavy atom. The summed E-state index contributed by atoms with van der Waals surface area (Å²) in [5.74, 6) is 0.826. The molecule has 0 saturated heterocycles. The summed E-state index contributed by atoms with van der Waals surface area (Å²) in [7, 11) is 0. The second-order valence-electron chi connectivity index (χ2n) is 2.87. The van der Waals surface area contributed by atoms with Gasteiger partial charge in [-0.05, 0) is 19.1 Å². The molecule has 2 rings (SSSR count). The Morgan fingerprint density at radius 1 is 1.50 bits per heavy atom. The van der Waals surface area contributed by atoms with E-state index in [2.05, 4.69) is 0 Å². The molecule has 0 fully saturated rings. The van der Waals surface area contributed by atoms with Crippen LogP contribution in [0.5, 0.6) is 5.75 Å². The largest absolute Gasteiger partial charge is 0.492 e. The molecule has 0 unspecified atom stereocenters. The van der Waals surface area contributed by atoms with Crippen LogP contribution in [0.4, 0.5) is 5.69 Å². The van der Waals surface area contributed by atoms with Gasteiger partial charge in [-0.3, -0.25) is 0 Å². The zero-order valence-electron chi connectivity index (χ0n) is 7.71. The van der Waals surface area contributed by atoms with Crippen LogP contribution in [-0.4, -0.2) is 6.61 Å². The zero-order chi connectivity index (χ0) is 10.1. The smallest absolute Gasteiger partial charge is 0.139 e. The molecule has 0 spiro atoms. The van der Waals surface area contributed by atoms with E-state index in [4.69, 9.17) is 22.1 Å². The van der Waals surface area contributed by atoms with Crippen LogP contribution >= 0.6 is 22.9 Å². The number of thiophene rings is 1. The highest BCUT2D eigenvalue weighted by atomic mass is 35.5. The second-order valence-corrected chi connectivity index (χ2v) is 4.19. The van der Waals surface area contributed by atoms with Gasteiger partial charge in [-0.25, -0.2) is 0 Å². The van der Waals surface area contributed by atoms with E-state index in [1.54, 1.807) is 11.3 Å². The fourth-order valence-electron chi connectivity index (χ4n) is 1.36. The van der Waals surface area contributed by atoms with E-state index in [1.807, 2.05) is 24.4 Å². The van der Waals surface area contributed by atoms with Crippen molar-refractivity contribution in [1.29, 1.82) is 0 Å². The lowest BCUT2D eigenvalue weighted by atomic mass is 10.2. The van der Waals surface area contributed by atoms with E-state index in [-0.39, 0.29) is 0 Å². The van der Waals surface area contributed by atoms with Gasteiger partial charge in [-0.15, -0.1) is 11.3 Å². The average molecular weight is 228 g/mol. The summed E-state index contributed by atoms with van der Waals surface area (Å²) in [5.41, 5.74) is 6.49. The SMILES string of the molecule is CCOc1csc2ccc(Cl)c(N)c12. The van der Waals surface area contributed by atoms with Crippen LogP contribution in [0.2, 0.25) is 5.02 Å². The molecule has 2 nitrogen and oxygen atoms in total. The van der Waals surface area contributed by atoms with Crippen molar-refractivity contribution >= 4 is 38.7 Å². The molecule has 0 amide bonds. The Balaban J connectivity index is 2.69. The summed E-state index contributed by atoms with van der Waals surface area (Å²) in [6, 6.07) is 3.77. The van der Waals surface area contributed by atoms with Crippen LogP contribution in [-0.2, 0) is 0 Å². The summed E-state index contributed by atoms with van der Waals surface area (Å²) < 4.78 is 6.57. The zero-order valence-corrected chi connectivity index (χ0v) is 9.28. The van der Waals surface area contributed by atoms with Gasteiger partial charge < -0.3 is 10.5 Å². The van der Waals surface area contributed by atoms with E-state index in [1.165, 1.54) is 0 Å². The third-order valence-corrected chi connectivity index (χ3v) is 3.25. The Kier molecular flexibility index (Phi) is 2.52. The van der Waals surface area contributed by atoms with Crippen LogP contribution in [0.1, 0.15) is 6.92 Å². The van der Waals surface area contributed by atoms with Gasteiger partial charge in [0.2, 0.25) is 0 Å². The van der Waals surface area contributed by atoms with Gasteiger partial charge in [0.25, 0.3) is 0 Å². The Morgan fingerprint density at radius 2 is 2.29 bits per heavy atom. The van der Waals surface area contributed by atoms with Crippen molar-refractivity contribution in [3.05, 3.63) is 22.5 Å². The fraction of sp³-hybridized carbons (Fsp3) is 0.200. The van der Waals surface area contributed by atoms with Crippen molar-refractivity contribution in [2.75, 3.05) is 12.3 Å². The fourth-order valence-corrected chi connectivity index (χ4v) is 2.42. The minimum atomic E-state index is 0.580. The number of rotatable bonds is 2. The quantitative estimate of drug-likeness (QED) is 0.797. The van der Waals surface area contributed by atoms with E-state index < -0.39 is 0 Å². The Bertz CT molecular complexity index is 466. The molecule has 1 heterocycles. The number of nitrogen functional groups attached to an aromatic ring is 1. The molecule has 0 aliphatic rings. The van der Waals surface area contributed by atoms with E-state index in [9.17, 15) is 0 Å². The number of anilines is 1. The van der Waals surface area contributed by atoms with Gasteiger partial charge in [0.05, 0.1) is 22.7 Å². The van der Waals surface area contributed by atoms with Gasteiger partial charge in [0.15, 0.2) is 0 Å². The number of ether oxygens (including phenoxy) is 1. The first kappa shape index (κ1) is 9.62. The standard InChI is InChI=1S/C10H10ClNOS/c1-2-13-7-5-14-8-4-3-6(11)10(12)9(7)8/h3-5H,2,12H2,1H3.